The Morgan fingerprint density at radius 2 is 2.29 bits per heavy atom. The topological polar surface area (TPSA) is 48.0 Å². The molecule has 0 saturated heterocycles. The third kappa shape index (κ3) is 1.65. The molecule has 0 bridgehead atoms. The zero-order valence-electron chi connectivity index (χ0n) is 7.75. The van der Waals surface area contributed by atoms with Crippen LogP contribution in [0.5, 0.6) is 5.75 Å². The van der Waals surface area contributed by atoms with Crippen molar-refractivity contribution < 1.29 is 5.11 Å². The van der Waals surface area contributed by atoms with Crippen LogP contribution in [0.4, 0.5) is 0 Å². The van der Waals surface area contributed by atoms with Crippen molar-refractivity contribution in [3.05, 3.63) is 30.0 Å². The number of hydrogen-bond acceptors (Lipinski definition) is 2. The van der Waals surface area contributed by atoms with E-state index in [0.29, 0.717) is 5.75 Å². The van der Waals surface area contributed by atoms with Crippen LogP contribution in [0.15, 0.2) is 24.4 Å². The minimum atomic E-state index is 0.350. The quantitative estimate of drug-likeness (QED) is 0.652. The number of hydrogen-bond donors (Lipinski definition) is 3. The minimum absolute atomic E-state index is 0.350. The van der Waals surface area contributed by atoms with Crippen LogP contribution in [0.2, 0.25) is 0 Å². The van der Waals surface area contributed by atoms with E-state index in [4.69, 9.17) is 0 Å². The van der Waals surface area contributed by atoms with E-state index < -0.39 is 0 Å². The Morgan fingerprint density at radius 3 is 3.07 bits per heavy atom. The molecule has 0 amide bonds. The fraction of sp³-hybridized carbons (Fsp3) is 0.200. The normalized spacial score (nSPS) is 10.9. The number of aromatic amines is 1. The highest BCUT2D eigenvalue weighted by molar-refractivity contribution is 6.04. The van der Waals surface area contributed by atoms with Crippen LogP contribution in [0, 0.1) is 0 Å². The Kier molecular flexibility index (Phi) is 2.78. The van der Waals surface area contributed by atoms with E-state index in [1.54, 1.807) is 6.07 Å². The van der Waals surface area contributed by atoms with Gasteiger partial charge in [0.2, 0.25) is 0 Å². The molecule has 0 aliphatic heterocycles. The smallest absolute Gasteiger partial charge is 0.251 e. The first-order valence-corrected chi connectivity index (χ1v) is 5.12. The van der Waals surface area contributed by atoms with Crippen LogP contribution in [0.3, 0.4) is 0 Å². The first kappa shape index (κ1) is 9.60. The first-order chi connectivity index (χ1) is 6.83. The fourth-order valence-corrected chi connectivity index (χ4v) is 1.78. The second kappa shape index (κ2) is 4.06. The second-order valence-corrected chi connectivity index (χ2v) is 3.63. The number of fused-ring (bicyclic) bond motifs is 1. The van der Waals surface area contributed by atoms with Gasteiger partial charge in [0.05, 0.1) is 0 Å². The fourth-order valence-electron chi connectivity index (χ4n) is 1.64. The first-order valence-electron chi connectivity index (χ1n) is 4.54. The van der Waals surface area contributed by atoms with Gasteiger partial charge in [0.1, 0.15) is 5.75 Å². The lowest BCUT2D eigenvalue weighted by molar-refractivity contribution is 0.481. The van der Waals surface area contributed by atoms with Crippen molar-refractivity contribution in [1.82, 2.24) is 9.28 Å². The summed E-state index contributed by atoms with van der Waals surface area (Å²) >= 11 is 2.47. The van der Waals surface area contributed by atoms with E-state index in [2.05, 4.69) is 25.8 Å². The third-order valence-corrected chi connectivity index (χ3v) is 2.59. The van der Waals surface area contributed by atoms with E-state index in [1.807, 2.05) is 18.3 Å². The van der Waals surface area contributed by atoms with Crippen molar-refractivity contribution in [2.75, 3.05) is 6.54 Å². The van der Waals surface area contributed by atoms with Crippen LogP contribution in [-0.2, 0) is 6.42 Å². The summed E-state index contributed by atoms with van der Waals surface area (Å²) in [6, 6.07) is 5.52. The average Bonchev–Trinajstić information content (AvgIpc) is 2.59. The van der Waals surface area contributed by atoms with Crippen molar-refractivity contribution in [3.8, 4) is 5.75 Å². The van der Waals surface area contributed by atoms with Crippen LogP contribution in [-0.4, -0.2) is 33.1 Å². The molecule has 0 spiro atoms. The summed E-state index contributed by atoms with van der Waals surface area (Å²) in [7, 11) is 0. The molecule has 1 aromatic heterocycles. The van der Waals surface area contributed by atoms with Crippen LogP contribution in [0.25, 0.3) is 10.9 Å². The summed E-state index contributed by atoms with van der Waals surface area (Å²) in [6.07, 6.45) is 2.85. The number of rotatable bonds is 3. The molecule has 1 aromatic carbocycles. The van der Waals surface area contributed by atoms with Gasteiger partial charge in [0, 0.05) is 17.1 Å². The van der Waals surface area contributed by atoms with E-state index in [-0.39, 0.29) is 0 Å². The average molecular weight is 202 g/mol. The molecular weight excluding hydrogens is 191 g/mol. The van der Waals surface area contributed by atoms with Gasteiger partial charge in [-0.3, -0.25) is 0 Å². The standard InChI is InChI=1S/C10H11N2O.Al/c11-5-4-7-6-12-8-2-1-3-9(13)10(7)8;/h1-3,6,11-13H,4-5H2;/q-1;+1. The highest BCUT2D eigenvalue weighted by atomic mass is 27.1. The summed E-state index contributed by atoms with van der Waals surface area (Å²) in [6.45, 7) is 0.881. The zero-order chi connectivity index (χ0) is 9.97. The van der Waals surface area contributed by atoms with Gasteiger partial charge in [-0.1, -0.05) is 6.07 Å². The van der Waals surface area contributed by atoms with Gasteiger partial charge in [-0.05, 0) is 30.7 Å². The molecule has 0 saturated carbocycles. The number of aromatic nitrogens is 1. The Bertz CT molecular complexity index is 439. The summed E-state index contributed by atoms with van der Waals surface area (Å²) in [5.41, 5.74) is 2.14. The Labute approximate surface area is 90.8 Å². The molecule has 0 aliphatic carbocycles. The van der Waals surface area contributed by atoms with Gasteiger partial charge in [-0.2, -0.15) is 0 Å². The maximum atomic E-state index is 9.69. The Hall–Kier alpha value is -0.948. The van der Waals surface area contributed by atoms with E-state index in [1.165, 1.54) is 0 Å². The molecular formula is C10H11AlN2O. The Balaban J connectivity index is 2.45. The van der Waals surface area contributed by atoms with Gasteiger partial charge in [0.25, 0.3) is 16.5 Å². The molecule has 0 aliphatic rings. The van der Waals surface area contributed by atoms with Crippen molar-refractivity contribution in [2.24, 2.45) is 0 Å². The number of H-pyrrole nitrogens is 1. The second-order valence-electron chi connectivity index (χ2n) is 3.22. The molecule has 1 heterocycles. The van der Waals surface area contributed by atoms with E-state index in [0.717, 1.165) is 29.4 Å². The van der Waals surface area contributed by atoms with Gasteiger partial charge in [-0.25, -0.2) is 0 Å². The summed E-state index contributed by atoms with van der Waals surface area (Å²) < 4.78 is 3.01. The van der Waals surface area contributed by atoms with Gasteiger partial charge in [-0.15, -0.1) is 0 Å². The van der Waals surface area contributed by atoms with E-state index >= 15 is 0 Å². The van der Waals surface area contributed by atoms with Crippen LogP contribution >= 0.6 is 0 Å². The molecule has 2 aromatic rings. The SMILES string of the molecule is Oc1cccc2[nH]cc(CC[NH][Al])c12. The number of phenolic OH excluding ortho intramolecular Hbond substituents is 1. The van der Waals surface area contributed by atoms with Crippen molar-refractivity contribution in [1.29, 1.82) is 0 Å². The Morgan fingerprint density at radius 1 is 1.43 bits per heavy atom. The summed E-state index contributed by atoms with van der Waals surface area (Å²) in [5, 5.41) is 10.6. The molecule has 0 unspecified atom stereocenters. The largest absolute Gasteiger partial charge is 0.507 e. The van der Waals surface area contributed by atoms with Gasteiger partial charge in [0.15, 0.2) is 0 Å². The zero-order valence-corrected chi connectivity index (χ0v) is 8.90. The maximum Gasteiger partial charge on any atom is 0.251 e. The van der Waals surface area contributed by atoms with Crippen LogP contribution in [0.1, 0.15) is 5.56 Å². The molecule has 2 rings (SSSR count). The highest BCUT2D eigenvalue weighted by Crippen LogP contribution is 2.27. The summed E-state index contributed by atoms with van der Waals surface area (Å²) in [5.74, 6) is 0.350. The van der Waals surface area contributed by atoms with E-state index in [9.17, 15) is 5.11 Å². The lowest BCUT2D eigenvalue weighted by atomic mass is 10.1. The predicted molar refractivity (Wildman–Crippen MR) is 57.4 cm³/mol. The van der Waals surface area contributed by atoms with Crippen molar-refractivity contribution >= 4 is 27.4 Å². The third-order valence-electron chi connectivity index (χ3n) is 2.30. The molecule has 3 N–H and O–H groups in total. The maximum absolute atomic E-state index is 9.69. The molecule has 0 fully saturated rings. The summed E-state index contributed by atoms with van der Waals surface area (Å²) in [4.78, 5) is 3.14. The number of aromatic hydroxyl groups is 1. The number of nitrogens with one attached hydrogen (secondary N) is 2. The highest BCUT2D eigenvalue weighted by Gasteiger charge is 2.06. The predicted octanol–water partition coefficient (Wildman–Crippen LogP) is 1.09. The minimum Gasteiger partial charge on any atom is -0.507 e. The van der Waals surface area contributed by atoms with Crippen molar-refractivity contribution in [3.63, 3.8) is 0 Å². The number of phenols is 1. The number of benzene rings is 1. The molecule has 0 atom stereocenters. The monoisotopic (exact) mass is 202 g/mol. The lowest BCUT2D eigenvalue weighted by Crippen LogP contribution is -2.11. The molecule has 4 heteroatoms. The molecule has 2 radical (unpaired) electrons. The van der Waals surface area contributed by atoms with Gasteiger partial charge >= 0.3 is 0 Å². The lowest BCUT2D eigenvalue weighted by Gasteiger charge is -2.00. The van der Waals surface area contributed by atoms with Gasteiger partial charge < -0.3 is 14.4 Å². The van der Waals surface area contributed by atoms with Crippen molar-refractivity contribution in [2.45, 2.75) is 6.42 Å². The molecule has 14 heavy (non-hydrogen) atoms. The molecule has 70 valence electrons. The van der Waals surface area contributed by atoms with Crippen LogP contribution < -0.4 is 4.30 Å². The molecule has 3 nitrogen and oxygen atoms in total.